The molecule has 25 heavy (non-hydrogen) atoms. The molecule has 4 rings (SSSR count). The summed E-state index contributed by atoms with van der Waals surface area (Å²) in [7, 11) is -1.71. The summed E-state index contributed by atoms with van der Waals surface area (Å²) in [6, 6.07) is 1.78. The Morgan fingerprint density at radius 3 is 2.44 bits per heavy atom. The first kappa shape index (κ1) is 17.5. The van der Waals surface area contributed by atoms with E-state index in [0.717, 1.165) is 64.2 Å². The lowest BCUT2D eigenvalue weighted by atomic mass is 9.99. The van der Waals surface area contributed by atoms with Crippen LogP contribution in [0.4, 0.5) is 0 Å². The summed E-state index contributed by atoms with van der Waals surface area (Å²) in [5, 5.41) is 4.75. The van der Waals surface area contributed by atoms with Crippen molar-refractivity contribution in [3.8, 4) is 0 Å². The third kappa shape index (κ3) is 3.77. The second kappa shape index (κ2) is 6.98. The number of sulfonamides is 1. The topological polar surface area (TPSA) is 67.7 Å². The molecule has 3 heterocycles. The highest BCUT2D eigenvalue weighted by atomic mass is 32.2. The second-order valence-corrected chi connectivity index (χ2v) is 9.45. The largest absolute Gasteiger partial charge is 0.381 e. The maximum atomic E-state index is 13.0. The van der Waals surface area contributed by atoms with Crippen LogP contribution in [0.5, 0.6) is 0 Å². The van der Waals surface area contributed by atoms with Crippen molar-refractivity contribution in [2.45, 2.75) is 36.6 Å². The molecule has 0 radical (unpaired) electrons. The van der Waals surface area contributed by atoms with Gasteiger partial charge in [-0.25, -0.2) is 8.42 Å². The first-order valence-electron chi connectivity index (χ1n) is 9.38. The molecule has 0 aromatic carbocycles. The number of hydrogen-bond donors (Lipinski definition) is 0. The molecule has 8 heteroatoms. The first-order chi connectivity index (χ1) is 12.0. The van der Waals surface area contributed by atoms with Gasteiger partial charge in [0.2, 0.25) is 0 Å². The van der Waals surface area contributed by atoms with Crippen molar-refractivity contribution in [1.29, 1.82) is 0 Å². The van der Waals surface area contributed by atoms with E-state index < -0.39 is 10.0 Å². The van der Waals surface area contributed by atoms with Crippen LogP contribution in [0.15, 0.2) is 11.1 Å². The van der Waals surface area contributed by atoms with E-state index in [1.54, 1.807) is 17.4 Å². The maximum absolute atomic E-state index is 13.0. The molecule has 3 fully saturated rings. The van der Waals surface area contributed by atoms with Crippen molar-refractivity contribution in [3.05, 3.63) is 11.8 Å². The maximum Gasteiger partial charge on any atom is 0.260 e. The molecule has 1 aliphatic carbocycles. The molecule has 3 aliphatic rings. The minimum atomic E-state index is -3.45. The van der Waals surface area contributed by atoms with Gasteiger partial charge in [-0.2, -0.15) is 9.40 Å². The molecular formula is C17H28N4O3S. The minimum absolute atomic E-state index is 0.340. The van der Waals surface area contributed by atoms with Crippen LogP contribution in [0.1, 0.15) is 37.3 Å². The minimum Gasteiger partial charge on any atom is -0.381 e. The molecule has 1 aromatic heterocycles. The van der Waals surface area contributed by atoms with Gasteiger partial charge in [0, 0.05) is 65.0 Å². The molecule has 0 spiro atoms. The highest BCUT2D eigenvalue weighted by Crippen LogP contribution is 2.40. The Hall–Kier alpha value is -0.960. The first-order valence-corrected chi connectivity index (χ1v) is 10.8. The van der Waals surface area contributed by atoms with Crippen molar-refractivity contribution in [2.75, 3.05) is 45.9 Å². The molecule has 0 unspecified atom stereocenters. The highest BCUT2D eigenvalue weighted by molar-refractivity contribution is 7.89. The number of piperazine rings is 1. The molecule has 2 aliphatic heterocycles. The van der Waals surface area contributed by atoms with E-state index >= 15 is 0 Å². The lowest BCUT2D eigenvalue weighted by Gasteiger charge is -2.36. The average Bonchev–Trinajstić information content (AvgIpc) is 3.38. The van der Waals surface area contributed by atoms with E-state index in [-0.39, 0.29) is 0 Å². The van der Waals surface area contributed by atoms with Gasteiger partial charge in [-0.15, -0.1) is 0 Å². The third-order valence-corrected chi connectivity index (χ3v) is 7.60. The Morgan fingerprint density at radius 2 is 1.80 bits per heavy atom. The monoisotopic (exact) mass is 368 g/mol. The summed E-state index contributed by atoms with van der Waals surface area (Å²) < 4.78 is 34.6. The Balaban J connectivity index is 1.37. The zero-order valence-electron chi connectivity index (χ0n) is 14.9. The molecule has 0 amide bonds. The quantitative estimate of drug-likeness (QED) is 0.777. The van der Waals surface area contributed by atoms with Crippen LogP contribution >= 0.6 is 0 Å². The molecule has 1 aromatic rings. The Bertz CT molecular complexity index is 699. The fraction of sp³-hybridized carbons (Fsp3) is 0.824. The van der Waals surface area contributed by atoms with Gasteiger partial charge in [-0.1, -0.05) is 0 Å². The number of rotatable bonds is 5. The van der Waals surface area contributed by atoms with Gasteiger partial charge < -0.3 is 9.64 Å². The summed E-state index contributed by atoms with van der Waals surface area (Å²) in [5.74, 6) is 1.15. The molecule has 2 saturated heterocycles. The molecular weight excluding hydrogens is 340 g/mol. The van der Waals surface area contributed by atoms with Crippen LogP contribution in [-0.2, 0) is 21.8 Å². The van der Waals surface area contributed by atoms with E-state index in [4.69, 9.17) is 4.74 Å². The number of aryl methyl sites for hydroxylation is 1. The SMILES string of the molecule is Cn1nc(C2CC2)cc1S(=O)(=O)N1CCN(CC2CCOCC2)CC1. The highest BCUT2D eigenvalue weighted by Gasteiger charge is 2.34. The van der Waals surface area contributed by atoms with Crippen LogP contribution in [0.3, 0.4) is 0 Å². The van der Waals surface area contributed by atoms with Crippen molar-refractivity contribution in [3.63, 3.8) is 0 Å². The zero-order chi connectivity index (χ0) is 17.4. The van der Waals surface area contributed by atoms with Gasteiger partial charge in [0.1, 0.15) is 0 Å². The number of aromatic nitrogens is 2. The smallest absolute Gasteiger partial charge is 0.260 e. The van der Waals surface area contributed by atoms with E-state index in [1.807, 2.05) is 0 Å². The van der Waals surface area contributed by atoms with Crippen LogP contribution < -0.4 is 0 Å². The van der Waals surface area contributed by atoms with Gasteiger partial charge >= 0.3 is 0 Å². The summed E-state index contributed by atoms with van der Waals surface area (Å²) in [6.07, 6.45) is 4.50. The summed E-state index contributed by atoms with van der Waals surface area (Å²) in [5.41, 5.74) is 0.930. The van der Waals surface area contributed by atoms with Crippen molar-refractivity contribution in [1.82, 2.24) is 19.0 Å². The summed E-state index contributed by atoms with van der Waals surface area (Å²) in [6.45, 7) is 5.54. The predicted molar refractivity (Wildman–Crippen MR) is 93.9 cm³/mol. The predicted octanol–water partition coefficient (Wildman–Crippen LogP) is 1.03. The molecule has 140 valence electrons. The van der Waals surface area contributed by atoms with E-state index in [0.29, 0.717) is 30.0 Å². The molecule has 0 N–H and O–H groups in total. The normalized spacial score (nSPS) is 24.7. The lowest BCUT2D eigenvalue weighted by molar-refractivity contribution is 0.0477. The lowest BCUT2D eigenvalue weighted by Crippen LogP contribution is -2.50. The summed E-state index contributed by atoms with van der Waals surface area (Å²) in [4.78, 5) is 2.40. The van der Waals surface area contributed by atoms with E-state index in [9.17, 15) is 8.42 Å². The van der Waals surface area contributed by atoms with Crippen molar-refractivity contribution in [2.24, 2.45) is 13.0 Å². The third-order valence-electron chi connectivity index (χ3n) is 5.64. The molecule has 1 saturated carbocycles. The molecule has 0 atom stereocenters. The summed E-state index contributed by atoms with van der Waals surface area (Å²) >= 11 is 0. The number of ether oxygens (including phenoxy) is 1. The van der Waals surface area contributed by atoms with Gasteiger partial charge in [-0.3, -0.25) is 4.68 Å². The van der Waals surface area contributed by atoms with E-state index in [1.165, 1.54) is 4.68 Å². The fourth-order valence-electron chi connectivity index (χ4n) is 3.87. The van der Waals surface area contributed by atoms with Gasteiger partial charge in [0.25, 0.3) is 10.0 Å². The van der Waals surface area contributed by atoms with Crippen molar-refractivity contribution < 1.29 is 13.2 Å². The van der Waals surface area contributed by atoms with Crippen LogP contribution in [0.25, 0.3) is 0 Å². The Kier molecular flexibility index (Phi) is 4.87. The molecule has 0 bridgehead atoms. The molecule has 7 nitrogen and oxygen atoms in total. The van der Waals surface area contributed by atoms with Gasteiger partial charge in [0.05, 0.1) is 5.69 Å². The second-order valence-electron chi connectivity index (χ2n) is 7.57. The van der Waals surface area contributed by atoms with Gasteiger partial charge in [-0.05, 0) is 31.6 Å². The van der Waals surface area contributed by atoms with Crippen LogP contribution in [-0.4, -0.2) is 73.3 Å². The fourth-order valence-corrected chi connectivity index (χ4v) is 5.42. The zero-order valence-corrected chi connectivity index (χ0v) is 15.7. The standard InChI is InChI=1S/C17H28N4O3S/c1-19-17(12-16(18-19)15-2-3-15)25(22,23)21-8-6-20(7-9-21)13-14-4-10-24-11-5-14/h12,14-15H,2-11,13H2,1H3. The van der Waals surface area contributed by atoms with Gasteiger partial charge in [0.15, 0.2) is 5.03 Å². The Labute approximate surface area is 150 Å². The number of hydrogen-bond acceptors (Lipinski definition) is 5. The van der Waals surface area contributed by atoms with Crippen LogP contribution in [0.2, 0.25) is 0 Å². The van der Waals surface area contributed by atoms with Crippen LogP contribution in [0, 0.1) is 5.92 Å². The van der Waals surface area contributed by atoms with Crippen molar-refractivity contribution >= 4 is 10.0 Å². The number of nitrogens with zero attached hydrogens (tertiary/aromatic N) is 4. The Morgan fingerprint density at radius 1 is 1.12 bits per heavy atom. The average molecular weight is 369 g/mol. The van der Waals surface area contributed by atoms with E-state index in [2.05, 4.69) is 10.00 Å².